The van der Waals surface area contributed by atoms with Gasteiger partial charge >= 0.3 is 12.0 Å². The van der Waals surface area contributed by atoms with Crippen molar-refractivity contribution >= 4 is 23.8 Å². The fraction of sp³-hybridized carbons (Fsp3) is 0.846. The van der Waals surface area contributed by atoms with Gasteiger partial charge in [-0.3, -0.25) is 0 Å². The second-order valence-corrected chi connectivity index (χ2v) is 6.20. The van der Waals surface area contributed by atoms with Gasteiger partial charge in [0.05, 0.1) is 0 Å². The Morgan fingerprint density at radius 3 is 2.68 bits per heavy atom. The molecule has 1 rings (SSSR count). The van der Waals surface area contributed by atoms with Crippen LogP contribution in [0.25, 0.3) is 0 Å². The van der Waals surface area contributed by atoms with Crippen molar-refractivity contribution in [1.29, 1.82) is 0 Å². The van der Waals surface area contributed by atoms with E-state index in [1.54, 1.807) is 23.7 Å². The summed E-state index contributed by atoms with van der Waals surface area (Å²) in [5, 5.41) is 9.34. The van der Waals surface area contributed by atoms with Gasteiger partial charge in [-0.15, -0.1) is 0 Å². The Bertz CT molecular complexity index is 338. The third kappa shape index (κ3) is 3.78. The standard InChI is InChI=1S/C13H24N2O3S/c1-9-6-5-7-15(11(9)12(16)17)13(18)14(3)10(2)8-19-4/h9-11H,5-8H2,1-4H3,(H,16,17). The number of carboxylic acid groups (broad SMARTS) is 1. The van der Waals surface area contributed by atoms with Crippen molar-refractivity contribution in [1.82, 2.24) is 9.80 Å². The van der Waals surface area contributed by atoms with Gasteiger partial charge in [-0.1, -0.05) is 6.92 Å². The molecule has 19 heavy (non-hydrogen) atoms. The number of carboxylic acids is 1. The number of hydrogen-bond donors (Lipinski definition) is 1. The van der Waals surface area contributed by atoms with Crippen LogP contribution in [0, 0.1) is 5.92 Å². The number of hydrogen-bond acceptors (Lipinski definition) is 3. The van der Waals surface area contributed by atoms with Crippen molar-refractivity contribution in [3.05, 3.63) is 0 Å². The molecule has 110 valence electrons. The number of aliphatic carboxylic acids is 1. The number of likely N-dealkylation sites (tertiary alicyclic amines) is 1. The number of piperidine rings is 1. The van der Waals surface area contributed by atoms with Crippen LogP contribution in [0.2, 0.25) is 0 Å². The molecule has 1 fully saturated rings. The van der Waals surface area contributed by atoms with E-state index in [0.29, 0.717) is 6.54 Å². The number of carbonyl (C=O) groups excluding carboxylic acids is 1. The van der Waals surface area contributed by atoms with Crippen molar-refractivity contribution in [2.24, 2.45) is 5.92 Å². The molecule has 1 aliphatic rings. The van der Waals surface area contributed by atoms with E-state index in [1.807, 2.05) is 20.1 Å². The van der Waals surface area contributed by atoms with Gasteiger partial charge in [0.15, 0.2) is 0 Å². The zero-order valence-electron chi connectivity index (χ0n) is 12.1. The van der Waals surface area contributed by atoms with E-state index < -0.39 is 12.0 Å². The number of nitrogens with zero attached hydrogens (tertiary/aromatic N) is 2. The van der Waals surface area contributed by atoms with Gasteiger partial charge in [0.1, 0.15) is 6.04 Å². The van der Waals surface area contributed by atoms with E-state index in [0.717, 1.165) is 18.6 Å². The molecule has 6 heteroatoms. The van der Waals surface area contributed by atoms with Crippen LogP contribution >= 0.6 is 11.8 Å². The average Bonchev–Trinajstić information content (AvgIpc) is 2.36. The first-order chi connectivity index (χ1) is 8.90. The normalized spacial score (nSPS) is 24.9. The molecule has 0 radical (unpaired) electrons. The van der Waals surface area contributed by atoms with E-state index >= 15 is 0 Å². The molecule has 2 amide bonds. The number of thioether (sulfide) groups is 1. The number of urea groups is 1. The zero-order chi connectivity index (χ0) is 14.6. The molecule has 5 nitrogen and oxygen atoms in total. The summed E-state index contributed by atoms with van der Waals surface area (Å²) in [6.07, 6.45) is 3.74. The molecular formula is C13H24N2O3S. The van der Waals surface area contributed by atoms with Gasteiger partial charge < -0.3 is 14.9 Å². The number of amides is 2. The van der Waals surface area contributed by atoms with Crippen molar-refractivity contribution < 1.29 is 14.7 Å². The first-order valence-electron chi connectivity index (χ1n) is 6.65. The Balaban J connectivity index is 2.80. The van der Waals surface area contributed by atoms with Crippen LogP contribution in [0.5, 0.6) is 0 Å². The van der Waals surface area contributed by atoms with Gasteiger partial charge in [-0.25, -0.2) is 9.59 Å². The summed E-state index contributed by atoms with van der Waals surface area (Å²) in [6, 6.07) is -0.750. The van der Waals surface area contributed by atoms with E-state index in [9.17, 15) is 14.7 Å². The lowest BCUT2D eigenvalue weighted by atomic mass is 9.91. The molecule has 0 aromatic heterocycles. The highest BCUT2D eigenvalue weighted by Crippen LogP contribution is 2.25. The Hall–Kier alpha value is -0.910. The van der Waals surface area contributed by atoms with Crippen molar-refractivity contribution in [2.75, 3.05) is 25.6 Å². The first-order valence-corrected chi connectivity index (χ1v) is 8.04. The number of rotatable bonds is 4. The highest BCUT2D eigenvalue weighted by molar-refractivity contribution is 7.98. The Morgan fingerprint density at radius 2 is 2.16 bits per heavy atom. The van der Waals surface area contributed by atoms with Crippen molar-refractivity contribution in [3.63, 3.8) is 0 Å². The molecule has 0 bridgehead atoms. The average molecular weight is 288 g/mol. The molecule has 0 aliphatic carbocycles. The van der Waals surface area contributed by atoms with E-state index in [1.165, 1.54) is 4.90 Å². The SMILES string of the molecule is CSCC(C)N(C)C(=O)N1CCCC(C)C1C(=O)O. The summed E-state index contributed by atoms with van der Waals surface area (Å²) in [4.78, 5) is 27.0. The highest BCUT2D eigenvalue weighted by Gasteiger charge is 2.38. The van der Waals surface area contributed by atoms with Crippen LogP contribution in [0.15, 0.2) is 0 Å². The summed E-state index contributed by atoms with van der Waals surface area (Å²) < 4.78 is 0. The third-order valence-corrected chi connectivity index (χ3v) is 4.62. The summed E-state index contributed by atoms with van der Waals surface area (Å²) in [6.45, 7) is 4.43. The minimum Gasteiger partial charge on any atom is -0.480 e. The molecule has 0 aromatic carbocycles. The Morgan fingerprint density at radius 1 is 1.53 bits per heavy atom. The van der Waals surface area contributed by atoms with Crippen LogP contribution in [0.3, 0.4) is 0 Å². The first kappa shape index (κ1) is 16.1. The van der Waals surface area contributed by atoms with Crippen LogP contribution in [-0.4, -0.2) is 64.6 Å². The lowest BCUT2D eigenvalue weighted by molar-refractivity contribution is -0.145. The maximum Gasteiger partial charge on any atom is 0.326 e. The maximum atomic E-state index is 12.5. The van der Waals surface area contributed by atoms with Crippen molar-refractivity contribution in [2.45, 2.75) is 38.8 Å². The molecule has 1 N–H and O–H groups in total. The van der Waals surface area contributed by atoms with Gasteiger partial charge in [-0.2, -0.15) is 11.8 Å². The zero-order valence-corrected chi connectivity index (χ0v) is 12.9. The van der Waals surface area contributed by atoms with Crippen LogP contribution in [0.1, 0.15) is 26.7 Å². The summed E-state index contributed by atoms with van der Waals surface area (Å²) >= 11 is 1.68. The third-order valence-electron chi connectivity index (χ3n) is 3.80. The van der Waals surface area contributed by atoms with Crippen LogP contribution in [0.4, 0.5) is 4.79 Å². The van der Waals surface area contributed by atoms with Gasteiger partial charge in [-0.05, 0) is 31.9 Å². The molecule has 1 heterocycles. The van der Waals surface area contributed by atoms with E-state index in [-0.39, 0.29) is 18.0 Å². The lowest BCUT2D eigenvalue weighted by Crippen LogP contribution is -2.56. The lowest BCUT2D eigenvalue weighted by Gasteiger charge is -2.40. The minimum atomic E-state index is -0.897. The molecule has 3 atom stereocenters. The highest BCUT2D eigenvalue weighted by atomic mass is 32.2. The fourth-order valence-corrected chi connectivity index (χ4v) is 3.23. The summed E-state index contributed by atoms with van der Waals surface area (Å²) in [7, 11) is 1.75. The van der Waals surface area contributed by atoms with Crippen LogP contribution in [-0.2, 0) is 4.79 Å². The second-order valence-electron chi connectivity index (χ2n) is 5.29. The minimum absolute atomic E-state index is 0.0134. The quantitative estimate of drug-likeness (QED) is 0.859. The predicted octanol–water partition coefficient (Wildman–Crippen LogP) is 1.97. The molecule has 0 spiro atoms. The predicted molar refractivity (Wildman–Crippen MR) is 77.5 cm³/mol. The molecule has 1 saturated heterocycles. The number of carbonyl (C=O) groups is 2. The topological polar surface area (TPSA) is 60.9 Å². The maximum absolute atomic E-state index is 12.5. The summed E-state index contributed by atoms with van der Waals surface area (Å²) in [5.41, 5.74) is 0. The Labute approximate surface area is 119 Å². The molecule has 1 aliphatic heterocycles. The Kier molecular flexibility index (Phi) is 5.97. The van der Waals surface area contributed by atoms with E-state index in [4.69, 9.17) is 0 Å². The monoisotopic (exact) mass is 288 g/mol. The fourth-order valence-electron chi connectivity index (χ4n) is 2.52. The van der Waals surface area contributed by atoms with Gasteiger partial charge in [0.25, 0.3) is 0 Å². The van der Waals surface area contributed by atoms with Crippen LogP contribution < -0.4 is 0 Å². The second kappa shape index (κ2) is 7.03. The van der Waals surface area contributed by atoms with Gasteiger partial charge in [0.2, 0.25) is 0 Å². The van der Waals surface area contributed by atoms with E-state index in [2.05, 4.69) is 0 Å². The molecular weight excluding hydrogens is 264 g/mol. The van der Waals surface area contributed by atoms with Crippen molar-refractivity contribution in [3.8, 4) is 0 Å². The molecule has 3 unspecified atom stereocenters. The molecule has 0 saturated carbocycles. The summed E-state index contributed by atoms with van der Waals surface area (Å²) in [5.74, 6) is -0.0328. The largest absolute Gasteiger partial charge is 0.480 e. The van der Waals surface area contributed by atoms with Gasteiger partial charge in [0, 0.05) is 25.4 Å². The molecule has 0 aromatic rings. The smallest absolute Gasteiger partial charge is 0.326 e.